The van der Waals surface area contributed by atoms with Gasteiger partial charge < -0.3 is 10.2 Å². The molecule has 0 saturated carbocycles. The number of rotatable bonds is 5. The lowest BCUT2D eigenvalue weighted by atomic mass is 10.1. The SMILES string of the molecule is Cc1ccccc1CNCc1cnc(N(C)C)nc1. The number of hydrogen-bond donors (Lipinski definition) is 1. The summed E-state index contributed by atoms with van der Waals surface area (Å²) in [5.41, 5.74) is 3.74. The van der Waals surface area contributed by atoms with Gasteiger partial charge in [-0.15, -0.1) is 0 Å². The van der Waals surface area contributed by atoms with E-state index in [4.69, 9.17) is 0 Å². The number of aromatic nitrogens is 2. The van der Waals surface area contributed by atoms with Crippen LogP contribution in [0, 0.1) is 6.92 Å². The van der Waals surface area contributed by atoms with Crippen molar-refractivity contribution in [2.75, 3.05) is 19.0 Å². The fourth-order valence-corrected chi connectivity index (χ4v) is 1.82. The molecule has 100 valence electrons. The minimum Gasteiger partial charge on any atom is -0.347 e. The van der Waals surface area contributed by atoms with Crippen LogP contribution in [0.3, 0.4) is 0 Å². The van der Waals surface area contributed by atoms with Gasteiger partial charge in [0.15, 0.2) is 0 Å². The first-order valence-electron chi connectivity index (χ1n) is 6.40. The van der Waals surface area contributed by atoms with E-state index in [2.05, 4.69) is 46.5 Å². The van der Waals surface area contributed by atoms with E-state index in [-0.39, 0.29) is 0 Å². The molecule has 0 aliphatic rings. The third-order valence-electron chi connectivity index (χ3n) is 3.00. The van der Waals surface area contributed by atoms with Crippen molar-refractivity contribution in [2.24, 2.45) is 0 Å². The zero-order valence-electron chi connectivity index (χ0n) is 11.7. The molecule has 0 amide bonds. The Morgan fingerprint density at radius 3 is 2.37 bits per heavy atom. The molecule has 2 rings (SSSR count). The van der Waals surface area contributed by atoms with Crippen LogP contribution < -0.4 is 10.2 Å². The summed E-state index contributed by atoms with van der Waals surface area (Å²) in [7, 11) is 3.87. The molecule has 1 heterocycles. The molecule has 0 bridgehead atoms. The van der Waals surface area contributed by atoms with Crippen LogP contribution in [-0.2, 0) is 13.1 Å². The van der Waals surface area contributed by atoms with E-state index >= 15 is 0 Å². The molecule has 4 heteroatoms. The van der Waals surface area contributed by atoms with Crippen molar-refractivity contribution >= 4 is 5.95 Å². The second-order valence-corrected chi connectivity index (χ2v) is 4.82. The van der Waals surface area contributed by atoms with E-state index < -0.39 is 0 Å². The first-order valence-corrected chi connectivity index (χ1v) is 6.40. The third-order valence-corrected chi connectivity index (χ3v) is 3.00. The molecular formula is C15H20N4. The standard InChI is InChI=1S/C15H20N4/c1-12-6-4-5-7-14(12)11-16-8-13-9-17-15(18-10-13)19(2)3/h4-7,9-10,16H,8,11H2,1-3H3. The Labute approximate surface area is 114 Å². The molecule has 0 aliphatic carbocycles. The molecule has 0 unspecified atom stereocenters. The van der Waals surface area contributed by atoms with Gasteiger partial charge in [0.2, 0.25) is 5.95 Å². The van der Waals surface area contributed by atoms with Crippen LogP contribution in [0.25, 0.3) is 0 Å². The lowest BCUT2D eigenvalue weighted by Crippen LogP contribution is -2.16. The van der Waals surface area contributed by atoms with Gasteiger partial charge in [0.05, 0.1) is 0 Å². The van der Waals surface area contributed by atoms with Crippen LogP contribution in [0.4, 0.5) is 5.95 Å². The van der Waals surface area contributed by atoms with Crippen molar-refractivity contribution in [1.29, 1.82) is 0 Å². The number of benzene rings is 1. The van der Waals surface area contributed by atoms with Crippen LogP contribution in [0.5, 0.6) is 0 Å². The summed E-state index contributed by atoms with van der Waals surface area (Å²) in [6.07, 6.45) is 3.74. The molecule has 0 aliphatic heterocycles. The number of anilines is 1. The first-order chi connectivity index (χ1) is 9.16. The lowest BCUT2D eigenvalue weighted by Gasteiger charge is -2.10. The van der Waals surface area contributed by atoms with Gasteiger partial charge in [0, 0.05) is 45.1 Å². The molecule has 1 N–H and O–H groups in total. The summed E-state index contributed by atoms with van der Waals surface area (Å²) in [4.78, 5) is 10.5. The topological polar surface area (TPSA) is 41.1 Å². The fraction of sp³-hybridized carbons (Fsp3) is 0.333. The van der Waals surface area contributed by atoms with Gasteiger partial charge in [-0.2, -0.15) is 0 Å². The Kier molecular flexibility index (Phi) is 4.47. The molecule has 1 aromatic carbocycles. The first kappa shape index (κ1) is 13.5. The van der Waals surface area contributed by atoms with E-state index in [1.807, 2.05) is 31.4 Å². The Hall–Kier alpha value is -1.94. The van der Waals surface area contributed by atoms with Gasteiger partial charge in [-0.05, 0) is 18.1 Å². The van der Waals surface area contributed by atoms with E-state index in [0.717, 1.165) is 24.6 Å². The van der Waals surface area contributed by atoms with Crippen LogP contribution in [0.1, 0.15) is 16.7 Å². The van der Waals surface area contributed by atoms with E-state index in [9.17, 15) is 0 Å². The van der Waals surface area contributed by atoms with E-state index in [1.165, 1.54) is 11.1 Å². The zero-order chi connectivity index (χ0) is 13.7. The molecule has 0 atom stereocenters. The molecule has 2 aromatic rings. The van der Waals surface area contributed by atoms with Crippen molar-refractivity contribution in [1.82, 2.24) is 15.3 Å². The quantitative estimate of drug-likeness (QED) is 0.890. The van der Waals surface area contributed by atoms with Gasteiger partial charge in [-0.3, -0.25) is 0 Å². The predicted molar refractivity (Wildman–Crippen MR) is 78.1 cm³/mol. The summed E-state index contributed by atoms with van der Waals surface area (Å²) >= 11 is 0. The van der Waals surface area contributed by atoms with E-state index in [0.29, 0.717) is 0 Å². The van der Waals surface area contributed by atoms with Crippen molar-refractivity contribution < 1.29 is 0 Å². The smallest absolute Gasteiger partial charge is 0.224 e. The van der Waals surface area contributed by atoms with Gasteiger partial charge in [0.25, 0.3) is 0 Å². The number of hydrogen-bond acceptors (Lipinski definition) is 4. The average molecular weight is 256 g/mol. The lowest BCUT2D eigenvalue weighted by molar-refractivity contribution is 0.686. The highest BCUT2D eigenvalue weighted by Crippen LogP contribution is 2.07. The van der Waals surface area contributed by atoms with Crippen LogP contribution >= 0.6 is 0 Å². The van der Waals surface area contributed by atoms with Crippen molar-refractivity contribution in [3.05, 3.63) is 53.3 Å². The Morgan fingerprint density at radius 2 is 1.74 bits per heavy atom. The summed E-state index contributed by atoms with van der Waals surface area (Å²) in [5, 5.41) is 3.41. The normalized spacial score (nSPS) is 10.5. The van der Waals surface area contributed by atoms with Crippen molar-refractivity contribution in [3.8, 4) is 0 Å². The monoisotopic (exact) mass is 256 g/mol. The third kappa shape index (κ3) is 3.76. The number of nitrogens with zero attached hydrogens (tertiary/aromatic N) is 3. The number of aryl methyl sites for hydroxylation is 1. The number of nitrogens with one attached hydrogen (secondary N) is 1. The Bertz CT molecular complexity index is 520. The fourth-order valence-electron chi connectivity index (χ4n) is 1.82. The largest absolute Gasteiger partial charge is 0.347 e. The van der Waals surface area contributed by atoms with Gasteiger partial charge in [-0.1, -0.05) is 24.3 Å². The maximum absolute atomic E-state index is 4.30. The van der Waals surface area contributed by atoms with Crippen molar-refractivity contribution in [2.45, 2.75) is 20.0 Å². The summed E-state index contributed by atoms with van der Waals surface area (Å²) in [6, 6.07) is 8.41. The molecule has 0 fully saturated rings. The predicted octanol–water partition coefficient (Wildman–Crippen LogP) is 2.14. The zero-order valence-corrected chi connectivity index (χ0v) is 11.7. The summed E-state index contributed by atoms with van der Waals surface area (Å²) in [5.74, 6) is 0.739. The second-order valence-electron chi connectivity index (χ2n) is 4.82. The minimum absolute atomic E-state index is 0.739. The van der Waals surface area contributed by atoms with Crippen LogP contribution in [0.15, 0.2) is 36.7 Å². The van der Waals surface area contributed by atoms with Crippen LogP contribution in [-0.4, -0.2) is 24.1 Å². The molecule has 0 saturated heterocycles. The summed E-state index contributed by atoms with van der Waals surface area (Å²) < 4.78 is 0. The highest BCUT2D eigenvalue weighted by atomic mass is 15.2. The highest BCUT2D eigenvalue weighted by Gasteiger charge is 2.00. The molecular weight excluding hydrogens is 236 g/mol. The van der Waals surface area contributed by atoms with Gasteiger partial charge >= 0.3 is 0 Å². The maximum atomic E-state index is 4.30. The second kappa shape index (κ2) is 6.29. The van der Waals surface area contributed by atoms with Gasteiger partial charge in [-0.25, -0.2) is 9.97 Å². The highest BCUT2D eigenvalue weighted by molar-refractivity contribution is 5.27. The maximum Gasteiger partial charge on any atom is 0.224 e. The molecule has 0 spiro atoms. The molecule has 1 aromatic heterocycles. The molecule has 19 heavy (non-hydrogen) atoms. The van der Waals surface area contributed by atoms with Crippen LogP contribution in [0.2, 0.25) is 0 Å². The molecule has 0 radical (unpaired) electrons. The van der Waals surface area contributed by atoms with Crippen molar-refractivity contribution in [3.63, 3.8) is 0 Å². The Morgan fingerprint density at radius 1 is 1.05 bits per heavy atom. The minimum atomic E-state index is 0.739. The van der Waals surface area contributed by atoms with E-state index in [1.54, 1.807) is 0 Å². The average Bonchev–Trinajstić information content (AvgIpc) is 2.41. The van der Waals surface area contributed by atoms with Gasteiger partial charge in [0.1, 0.15) is 0 Å². The molecule has 4 nitrogen and oxygen atoms in total. The summed E-state index contributed by atoms with van der Waals surface area (Å²) in [6.45, 7) is 3.77. The Balaban J connectivity index is 1.87.